The van der Waals surface area contributed by atoms with Crippen LogP contribution in [0.2, 0.25) is 0 Å². The summed E-state index contributed by atoms with van der Waals surface area (Å²) in [5, 5.41) is 0. The molecule has 0 atom stereocenters. The van der Waals surface area contributed by atoms with Crippen molar-refractivity contribution in [2.75, 3.05) is 6.54 Å². The van der Waals surface area contributed by atoms with Crippen molar-refractivity contribution >= 4 is 5.97 Å². The van der Waals surface area contributed by atoms with Crippen LogP contribution in [0.25, 0.3) is 0 Å². The highest BCUT2D eigenvalue weighted by atomic mass is 16.7. The SMILES string of the molecule is CCNOC(=O)c1ccc(CC)cc1. The van der Waals surface area contributed by atoms with Crippen LogP contribution < -0.4 is 5.48 Å². The van der Waals surface area contributed by atoms with Gasteiger partial charge in [-0.05, 0) is 31.0 Å². The number of aryl methyl sites for hydroxylation is 1. The first-order valence-corrected chi connectivity index (χ1v) is 4.81. The fourth-order valence-corrected chi connectivity index (χ4v) is 1.07. The minimum atomic E-state index is -0.338. The van der Waals surface area contributed by atoms with Crippen molar-refractivity contribution in [1.82, 2.24) is 5.48 Å². The second-order valence-corrected chi connectivity index (χ2v) is 2.94. The topological polar surface area (TPSA) is 38.3 Å². The normalized spacial score (nSPS) is 9.86. The summed E-state index contributed by atoms with van der Waals surface area (Å²) in [6.07, 6.45) is 0.975. The lowest BCUT2D eigenvalue weighted by Gasteiger charge is -2.03. The number of carbonyl (C=O) groups excluding carboxylic acids is 1. The highest BCUT2D eigenvalue weighted by molar-refractivity contribution is 5.89. The van der Waals surface area contributed by atoms with Crippen LogP contribution in [0.3, 0.4) is 0 Å². The van der Waals surface area contributed by atoms with E-state index in [0.29, 0.717) is 12.1 Å². The minimum absolute atomic E-state index is 0.338. The Labute approximate surface area is 84.0 Å². The van der Waals surface area contributed by atoms with Gasteiger partial charge in [0, 0.05) is 6.54 Å². The van der Waals surface area contributed by atoms with Gasteiger partial charge in [0.2, 0.25) is 0 Å². The molecule has 1 rings (SSSR count). The molecule has 76 valence electrons. The van der Waals surface area contributed by atoms with Gasteiger partial charge in [-0.3, -0.25) is 0 Å². The molecule has 0 heterocycles. The Kier molecular flexibility index (Phi) is 4.13. The van der Waals surface area contributed by atoms with Crippen LogP contribution >= 0.6 is 0 Å². The van der Waals surface area contributed by atoms with E-state index < -0.39 is 0 Å². The second kappa shape index (κ2) is 5.40. The fourth-order valence-electron chi connectivity index (χ4n) is 1.07. The Balaban J connectivity index is 2.62. The van der Waals surface area contributed by atoms with Gasteiger partial charge in [0.05, 0.1) is 5.56 Å². The van der Waals surface area contributed by atoms with Crippen LogP contribution in [0.5, 0.6) is 0 Å². The molecule has 3 nitrogen and oxygen atoms in total. The first-order valence-electron chi connectivity index (χ1n) is 4.81. The molecule has 0 saturated heterocycles. The van der Waals surface area contributed by atoms with Crippen molar-refractivity contribution in [2.45, 2.75) is 20.3 Å². The maximum Gasteiger partial charge on any atom is 0.356 e. The van der Waals surface area contributed by atoms with Crippen molar-refractivity contribution in [3.63, 3.8) is 0 Å². The molecule has 0 fully saturated rings. The van der Waals surface area contributed by atoms with E-state index >= 15 is 0 Å². The molecule has 0 amide bonds. The standard InChI is InChI=1S/C11H15NO2/c1-3-9-5-7-10(8-6-9)11(13)14-12-4-2/h5-8,12H,3-4H2,1-2H3. The van der Waals surface area contributed by atoms with E-state index in [1.807, 2.05) is 19.1 Å². The van der Waals surface area contributed by atoms with Gasteiger partial charge in [-0.15, -0.1) is 0 Å². The van der Waals surface area contributed by atoms with Crippen LogP contribution in [0, 0.1) is 0 Å². The summed E-state index contributed by atoms with van der Waals surface area (Å²) in [6, 6.07) is 7.42. The van der Waals surface area contributed by atoms with Gasteiger partial charge in [0.25, 0.3) is 0 Å². The Morgan fingerprint density at radius 1 is 1.29 bits per heavy atom. The third-order valence-electron chi connectivity index (χ3n) is 1.91. The highest BCUT2D eigenvalue weighted by Crippen LogP contribution is 2.05. The molecule has 1 aromatic rings. The molecular weight excluding hydrogens is 178 g/mol. The van der Waals surface area contributed by atoms with Gasteiger partial charge >= 0.3 is 5.97 Å². The number of hydrogen-bond acceptors (Lipinski definition) is 3. The molecule has 0 radical (unpaired) electrons. The number of carbonyl (C=O) groups is 1. The molecule has 1 N–H and O–H groups in total. The molecule has 0 spiro atoms. The number of hydroxylamine groups is 1. The third kappa shape index (κ3) is 2.85. The summed E-state index contributed by atoms with van der Waals surface area (Å²) in [7, 11) is 0. The molecule has 0 aromatic heterocycles. The summed E-state index contributed by atoms with van der Waals surface area (Å²) >= 11 is 0. The highest BCUT2D eigenvalue weighted by Gasteiger charge is 2.05. The maximum atomic E-state index is 11.3. The van der Waals surface area contributed by atoms with Crippen LogP contribution in [-0.4, -0.2) is 12.5 Å². The summed E-state index contributed by atoms with van der Waals surface area (Å²) in [5.41, 5.74) is 4.31. The maximum absolute atomic E-state index is 11.3. The molecule has 14 heavy (non-hydrogen) atoms. The molecule has 0 aliphatic carbocycles. The van der Waals surface area contributed by atoms with E-state index in [1.165, 1.54) is 5.56 Å². The van der Waals surface area contributed by atoms with Gasteiger partial charge in [-0.1, -0.05) is 19.1 Å². The summed E-state index contributed by atoms with van der Waals surface area (Å²) in [6.45, 7) is 4.55. The van der Waals surface area contributed by atoms with Crippen molar-refractivity contribution in [3.8, 4) is 0 Å². The van der Waals surface area contributed by atoms with Crippen LogP contribution in [0.1, 0.15) is 29.8 Å². The molecule has 0 bridgehead atoms. The Hall–Kier alpha value is -1.35. The first-order chi connectivity index (χ1) is 6.77. The van der Waals surface area contributed by atoms with Crippen LogP contribution in [0.15, 0.2) is 24.3 Å². The van der Waals surface area contributed by atoms with Gasteiger partial charge in [0.1, 0.15) is 0 Å². The molecular formula is C11H15NO2. The van der Waals surface area contributed by atoms with Crippen molar-refractivity contribution < 1.29 is 9.63 Å². The van der Waals surface area contributed by atoms with E-state index in [1.54, 1.807) is 12.1 Å². The van der Waals surface area contributed by atoms with Crippen molar-refractivity contribution in [3.05, 3.63) is 35.4 Å². The van der Waals surface area contributed by atoms with Crippen molar-refractivity contribution in [2.24, 2.45) is 0 Å². The lowest BCUT2D eigenvalue weighted by Crippen LogP contribution is -2.19. The Morgan fingerprint density at radius 2 is 1.93 bits per heavy atom. The van der Waals surface area contributed by atoms with E-state index in [4.69, 9.17) is 4.84 Å². The lowest BCUT2D eigenvalue weighted by atomic mass is 10.1. The average Bonchev–Trinajstić information content (AvgIpc) is 2.26. The number of rotatable bonds is 4. The summed E-state index contributed by atoms with van der Waals surface area (Å²) < 4.78 is 0. The van der Waals surface area contributed by atoms with Crippen LogP contribution in [-0.2, 0) is 11.3 Å². The van der Waals surface area contributed by atoms with Gasteiger partial charge in [-0.25, -0.2) is 4.79 Å². The molecule has 0 unspecified atom stereocenters. The lowest BCUT2D eigenvalue weighted by molar-refractivity contribution is 0.0266. The zero-order valence-corrected chi connectivity index (χ0v) is 8.54. The number of hydrogen-bond donors (Lipinski definition) is 1. The van der Waals surface area contributed by atoms with Gasteiger partial charge in [-0.2, -0.15) is 5.48 Å². The van der Waals surface area contributed by atoms with Gasteiger partial charge < -0.3 is 4.84 Å². The zero-order chi connectivity index (χ0) is 10.4. The van der Waals surface area contributed by atoms with E-state index in [0.717, 1.165) is 6.42 Å². The predicted octanol–water partition coefficient (Wildman–Crippen LogP) is 1.93. The zero-order valence-electron chi connectivity index (χ0n) is 8.54. The minimum Gasteiger partial charge on any atom is -0.367 e. The molecule has 1 aromatic carbocycles. The average molecular weight is 193 g/mol. The largest absolute Gasteiger partial charge is 0.367 e. The first kappa shape index (κ1) is 10.7. The van der Waals surface area contributed by atoms with E-state index in [2.05, 4.69) is 12.4 Å². The molecule has 3 heteroatoms. The molecule has 0 aliphatic heterocycles. The van der Waals surface area contributed by atoms with E-state index in [-0.39, 0.29) is 5.97 Å². The van der Waals surface area contributed by atoms with Gasteiger partial charge in [0.15, 0.2) is 0 Å². The second-order valence-electron chi connectivity index (χ2n) is 2.94. The number of benzene rings is 1. The Morgan fingerprint density at radius 3 is 2.43 bits per heavy atom. The Bertz CT molecular complexity index is 293. The molecule has 0 saturated carbocycles. The summed E-state index contributed by atoms with van der Waals surface area (Å²) in [5.74, 6) is -0.338. The third-order valence-corrected chi connectivity index (χ3v) is 1.91. The predicted molar refractivity (Wildman–Crippen MR) is 54.9 cm³/mol. The fraction of sp³-hybridized carbons (Fsp3) is 0.364. The summed E-state index contributed by atoms with van der Waals surface area (Å²) in [4.78, 5) is 16.1. The van der Waals surface area contributed by atoms with Crippen LogP contribution in [0.4, 0.5) is 0 Å². The van der Waals surface area contributed by atoms with E-state index in [9.17, 15) is 4.79 Å². The quantitative estimate of drug-likeness (QED) is 0.742. The molecule has 0 aliphatic rings. The smallest absolute Gasteiger partial charge is 0.356 e. The monoisotopic (exact) mass is 193 g/mol. The van der Waals surface area contributed by atoms with Crippen molar-refractivity contribution in [1.29, 1.82) is 0 Å². The number of nitrogens with one attached hydrogen (secondary N) is 1.